The topological polar surface area (TPSA) is 80.0 Å². The number of aryl methyl sites for hydroxylation is 1. The van der Waals surface area contributed by atoms with Crippen molar-refractivity contribution in [2.24, 2.45) is 0 Å². The van der Waals surface area contributed by atoms with Crippen molar-refractivity contribution in [1.29, 1.82) is 0 Å². The number of carbonyl (C=O) groups excluding carboxylic acids is 1. The van der Waals surface area contributed by atoms with E-state index in [2.05, 4.69) is 20.6 Å². The summed E-state index contributed by atoms with van der Waals surface area (Å²) in [7, 11) is 0. The molecular weight excluding hydrogens is 311 g/mol. The van der Waals surface area contributed by atoms with Crippen molar-refractivity contribution in [3.05, 3.63) is 71.7 Å². The maximum absolute atomic E-state index is 12.9. The van der Waals surface area contributed by atoms with Gasteiger partial charge in [0.2, 0.25) is 5.95 Å². The van der Waals surface area contributed by atoms with E-state index in [0.717, 1.165) is 0 Å². The molecule has 2 heterocycles. The molecule has 24 heavy (non-hydrogen) atoms. The zero-order valence-corrected chi connectivity index (χ0v) is 12.9. The standard InChI is InChI=1S/C17H15FN4O2/c1-11-9-15(16(23)19-10-14-3-2-8-24-14)22-17(20-11)21-13-6-4-12(18)5-7-13/h2-9H,10H2,1H3,(H,19,23)(H,20,21,22). The van der Waals surface area contributed by atoms with Gasteiger partial charge in [-0.15, -0.1) is 0 Å². The molecule has 2 aromatic heterocycles. The van der Waals surface area contributed by atoms with Crippen molar-refractivity contribution < 1.29 is 13.6 Å². The van der Waals surface area contributed by atoms with Crippen molar-refractivity contribution in [3.8, 4) is 0 Å². The number of rotatable bonds is 5. The molecule has 2 N–H and O–H groups in total. The number of amides is 1. The molecule has 0 bridgehead atoms. The smallest absolute Gasteiger partial charge is 0.270 e. The molecule has 3 rings (SSSR count). The van der Waals surface area contributed by atoms with E-state index >= 15 is 0 Å². The van der Waals surface area contributed by atoms with Crippen molar-refractivity contribution in [2.45, 2.75) is 13.5 Å². The predicted octanol–water partition coefficient (Wildman–Crippen LogP) is 3.19. The fourth-order valence-corrected chi connectivity index (χ4v) is 2.07. The lowest BCUT2D eigenvalue weighted by Gasteiger charge is -2.08. The Bertz CT molecular complexity index is 832. The van der Waals surface area contributed by atoms with E-state index in [-0.39, 0.29) is 29.9 Å². The number of carbonyl (C=O) groups is 1. The van der Waals surface area contributed by atoms with Crippen LogP contribution < -0.4 is 10.6 Å². The van der Waals surface area contributed by atoms with Crippen LogP contribution in [0.25, 0.3) is 0 Å². The van der Waals surface area contributed by atoms with Gasteiger partial charge in [-0.1, -0.05) is 0 Å². The summed E-state index contributed by atoms with van der Waals surface area (Å²) in [6, 6.07) is 10.9. The third-order valence-corrected chi connectivity index (χ3v) is 3.19. The summed E-state index contributed by atoms with van der Waals surface area (Å²) in [5.41, 5.74) is 1.50. The molecule has 0 atom stereocenters. The van der Waals surface area contributed by atoms with E-state index in [4.69, 9.17) is 4.42 Å². The summed E-state index contributed by atoms with van der Waals surface area (Å²) in [5.74, 6) is 0.256. The van der Waals surface area contributed by atoms with Crippen molar-refractivity contribution in [3.63, 3.8) is 0 Å². The molecule has 0 fully saturated rings. The van der Waals surface area contributed by atoms with Gasteiger partial charge in [-0.05, 0) is 49.4 Å². The fraction of sp³-hybridized carbons (Fsp3) is 0.118. The van der Waals surface area contributed by atoms with Gasteiger partial charge in [0.05, 0.1) is 12.8 Å². The number of furan rings is 1. The minimum Gasteiger partial charge on any atom is -0.467 e. The number of nitrogens with zero attached hydrogens (tertiary/aromatic N) is 2. The van der Waals surface area contributed by atoms with Crippen molar-refractivity contribution in [1.82, 2.24) is 15.3 Å². The highest BCUT2D eigenvalue weighted by Gasteiger charge is 2.11. The quantitative estimate of drug-likeness (QED) is 0.752. The second-order valence-electron chi connectivity index (χ2n) is 5.11. The molecule has 0 aliphatic carbocycles. The van der Waals surface area contributed by atoms with E-state index in [1.165, 1.54) is 12.1 Å². The Morgan fingerprint density at radius 1 is 1.21 bits per heavy atom. The zero-order valence-electron chi connectivity index (χ0n) is 12.9. The molecule has 0 saturated heterocycles. The molecule has 0 saturated carbocycles. The Morgan fingerprint density at radius 2 is 2.00 bits per heavy atom. The molecule has 6 nitrogen and oxygen atoms in total. The number of nitrogens with one attached hydrogen (secondary N) is 2. The lowest BCUT2D eigenvalue weighted by Crippen LogP contribution is -2.24. The van der Waals surface area contributed by atoms with Crippen LogP contribution in [0.3, 0.4) is 0 Å². The normalized spacial score (nSPS) is 10.4. The van der Waals surface area contributed by atoms with Gasteiger partial charge in [-0.2, -0.15) is 0 Å². The molecule has 0 unspecified atom stereocenters. The Hall–Kier alpha value is -3.22. The number of benzene rings is 1. The lowest BCUT2D eigenvalue weighted by atomic mass is 10.3. The summed E-state index contributed by atoms with van der Waals surface area (Å²) >= 11 is 0. The van der Waals surface area contributed by atoms with Gasteiger partial charge in [-0.3, -0.25) is 4.79 Å². The third-order valence-electron chi connectivity index (χ3n) is 3.19. The first kappa shape index (κ1) is 15.7. The second-order valence-corrected chi connectivity index (χ2v) is 5.11. The van der Waals surface area contributed by atoms with Gasteiger partial charge >= 0.3 is 0 Å². The van der Waals surface area contributed by atoms with Crippen LogP contribution in [0, 0.1) is 12.7 Å². The van der Waals surface area contributed by atoms with Crippen LogP contribution in [0.1, 0.15) is 21.9 Å². The number of hydrogen-bond donors (Lipinski definition) is 2. The van der Waals surface area contributed by atoms with Crippen LogP contribution in [-0.2, 0) is 6.54 Å². The van der Waals surface area contributed by atoms with Gasteiger partial charge in [0.1, 0.15) is 17.3 Å². The van der Waals surface area contributed by atoms with Gasteiger partial charge in [-0.25, -0.2) is 14.4 Å². The number of aromatic nitrogens is 2. The van der Waals surface area contributed by atoms with Crippen LogP contribution in [0.4, 0.5) is 16.0 Å². The molecule has 1 aromatic carbocycles. The van der Waals surface area contributed by atoms with Crippen LogP contribution in [-0.4, -0.2) is 15.9 Å². The number of anilines is 2. The highest BCUT2D eigenvalue weighted by atomic mass is 19.1. The molecule has 7 heteroatoms. The maximum Gasteiger partial charge on any atom is 0.270 e. The Balaban J connectivity index is 1.73. The van der Waals surface area contributed by atoms with E-state index in [0.29, 0.717) is 17.1 Å². The molecule has 0 spiro atoms. The van der Waals surface area contributed by atoms with Crippen LogP contribution in [0.5, 0.6) is 0 Å². The predicted molar refractivity (Wildman–Crippen MR) is 86.3 cm³/mol. The van der Waals surface area contributed by atoms with Crippen LogP contribution in [0.15, 0.2) is 53.1 Å². The van der Waals surface area contributed by atoms with Crippen LogP contribution >= 0.6 is 0 Å². The number of halogens is 1. The van der Waals surface area contributed by atoms with Gasteiger partial charge in [0, 0.05) is 11.4 Å². The first-order valence-electron chi connectivity index (χ1n) is 7.29. The Kier molecular flexibility index (Phi) is 4.51. The lowest BCUT2D eigenvalue weighted by molar-refractivity contribution is 0.0943. The second kappa shape index (κ2) is 6.91. The molecule has 1 amide bonds. The van der Waals surface area contributed by atoms with E-state index in [1.54, 1.807) is 43.5 Å². The van der Waals surface area contributed by atoms with E-state index in [1.807, 2.05) is 0 Å². The molecule has 0 aliphatic heterocycles. The average molecular weight is 326 g/mol. The van der Waals surface area contributed by atoms with E-state index < -0.39 is 0 Å². The minimum absolute atomic E-state index is 0.235. The third kappa shape index (κ3) is 3.95. The zero-order chi connectivity index (χ0) is 16.9. The largest absolute Gasteiger partial charge is 0.467 e. The van der Waals surface area contributed by atoms with Crippen molar-refractivity contribution >= 4 is 17.5 Å². The van der Waals surface area contributed by atoms with Gasteiger partial charge < -0.3 is 15.1 Å². The van der Waals surface area contributed by atoms with Crippen molar-refractivity contribution in [2.75, 3.05) is 5.32 Å². The molecule has 122 valence electrons. The Morgan fingerprint density at radius 3 is 2.71 bits per heavy atom. The highest BCUT2D eigenvalue weighted by Crippen LogP contribution is 2.14. The molecule has 0 radical (unpaired) electrons. The molecule has 0 aliphatic rings. The first-order valence-corrected chi connectivity index (χ1v) is 7.29. The summed E-state index contributed by atoms with van der Waals surface area (Å²) in [6.07, 6.45) is 1.54. The van der Waals surface area contributed by atoms with Crippen LogP contribution in [0.2, 0.25) is 0 Å². The molecular formula is C17H15FN4O2. The monoisotopic (exact) mass is 326 g/mol. The summed E-state index contributed by atoms with van der Waals surface area (Å²) in [6.45, 7) is 2.04. The summed E-state index contributed by atoms with van der Waals surface area (Å²) in [5, 5.41) is 5.68. The molecule has 3 aromatic rings. The fourth-order valence-electron chi connectivity index (χ4n) is 2.07. The average Bonchev–Trinajstić information content (AvgIpc) is 3.08. The highest BCUT2D eigenvalue weighted by molar-refractivity contribution is 5.92. The number of hydrogen-bond acceptors (Lipinski definition) is 5. The summed E-state index contributed by atoms with van der Waals surface area (Å²) < 4.78 is 18.1. The van der Waals surface area contributed by atoms with E-state index in [9.17, 15) is 9.18 Å². The Labute approximate surface area is 137 Å². The van der Waals surface area contributed by atoms with Gasteiger partial charge in [0.25, 0.3) is 5.91 Å². The first-order chi connectivity index (χ1) is 11.6. The minimum atomic E-state index is -0.334. The SMILES string of the molecule is Cc1cc(C(=O)NCc2ccco2)nc(Nc2ccc(F)cc2)n1. The summed E-state index contributed by atoms with van der Waals surface area (Å²) in [4.78, 5) is 20.6. The maximum atomic E-state index is 12.9. The van der Waals surface area contributed by atoms with Gasteiger partial charge in [0.15, 0.2) is 0 Å².